The lowest BCUT2D eigenvalue weighted by molar-refractivity contribution is -0.140. The standard InChI is InChI=1S/C9H15N3O4S/c1-6(13)10-2-3-11-9(16)12-5-17-4-7(12)8(14)15/h7H,2-5H2,1H3,(H,10,13)(H,11,16)(H,14,15). The van der Waals surface area contributed by atoms with Gasteiger partial charge in [-0.1, -0.05) is 0 Å². The topological polar surface area (TPSA) is 98.7 Å². The van der Waals surface area contributed by atoms with Gasteiger partial charge >= 0.3 is 12.0 Å². The number of urea groups is 1. The van der Waals surface area contributed by atoms with Gasteiger partial charge in [0.05, 0.1) is 5.88 Å². The van der Waals surface area contributed by atoms with Crippen LogP contribution in [0.25, 0.3) is 0 Å². The molecule has 1 saturated heterocycles. The molecule has 0 aromatic carbocycles. The summed E-state index contributed by atoms with van der Waals surface area (Å²) in [6, 6.07) is -1.17. The molecule has 1 fully saturated rings. The third-order valence-corrected chi connectivity index (χ3v) is 3.22. The van der Waals surface area contributed by atoms with Crippen molar-refractivity contribution in [2.45, 2.75) is 13.0 Å². The number of nitrogens with zero attached hydrogens (tertiary/aromatic N) is 1. The van der Waals surface area contributed by atoms with Gasteiger partial charge in [0, 0.05) is 25.8 Å². The molecular weight excluding hydrogens is 246 g/mol. The summed E-state index contributed by atoms with van der Waals surface area (Å²) < 4.78 is 0. The van der Waals surface area contributed by atoms with Crippen molar-refractivity contribution in [1.29, 1.82) is 0 Å². The molecule has 3 N–H and O–H groups in total. The van der Waals surface area contributed by atoms with E-state index in [-0.39, 0.29) is 12.5 Å². The largest absolute Gasteiger partial charge is 0.480 e. The Kier molecular flexibility index (Phi) is 5.08. The number of amides is 3. The first-order valence-corrected chi connectivity index (χ1v) is 6.27. The molecule has 1 aliphatic rings. The predicted octanol–water partition coefficient (Wildman–Crippen LogP) is -0.708. The van der Waals surface area contributed by atoms with Crippen molar-refractivity contribution in [3.05, 3.63) is 0 Å². The van der Waals surface area contributed by atoms with Gasteiger partial charge in [-0.05, 0) is 0 Å². The summed E-state index contributed by atoms with van der Waals surface area (Å²) in [5.74, 6) is -0.372. The van der Waals surface area contributed by atoms with Crippen LogP contribution in [0.3, 0.4) is 0 Å². The minimum atomic E-state index is -0.994. The van der Waals surface area contributed by atoms with Crippen LogP contribution in [0.2, 0.25) is 0 Å². The first kappa shape index (κ1) is 13.6. The molecule has 1 heterocycles. The van der Waals surface area contributed by atoms with Gasteiger partial charge in [0.25, 0.3) is 0 Å². The van der Waals surface area contributed by atoms with E-state index in [0.29, 0.717) is 18.2 Å². The quantitative estimate of drug-likeness (QED) is 0.581. The van der Waals surface area contributed by atoms with Crippen LogP contribution in [-0.4, -0.2) is 58.7 Å². The number of nitrogens with one attached hydrogen (secondary N) is 2. The third kappa shape index (κ3) is 4.14. The highest BCUT2D eigenvalue weighted by Gasteiger charge is 2.34. The van der Waals surface area contributed by atoms with Crippen molar-refractivity contribution >= 4 is 29.7 Å². The van der Waals surface area contributed by atoms with Gasteiger partial charge in [-0.2, -0.15) is 0 Å². The van der Waals surface area contributed by atoms with Gasteiger partial charge in [-0.3, -0.25) is 4.79 Å². The zero-order valence-corrected chi connectivity index (χ0v) is 10.2. The van der Waals surface area contributed by atoms with E-state index in [0.717, 1.165) is 0 Å². The smallest absolute Gasteiger partial charge is 0.327 e. The molecule has 0 bridgehead atoms. The van der Waals surface area contributed by atoms with E-state index >= 15 is 0 Å². The molecule has 7 nitrogen and oxygen atoms in total. The normalized spacial score (nSPS) is 18.9. The molecule has 0 saturated carbocycles. The summed E-state index contributed by atoms with van der Waals surface area (Å²) in [5, 5.41) is 14.0. The van der Waals surface area contributed by atoms with Crippen LogP contribution in [0.15, 0.2) is 0 Å². The number of aliphatic carboxylic acids is 1. The molecule has 0 aromatic heterocycles. The van der Waals surface area contributed by atoms with Crippen molar-refractivity contribution < 1.29 is 19.5 Å². The first-order chi connectivity index (χ1) is 8.02. The van der Waals surface area contributed by atoms with Crippen LogP contribution in [0.4, 0.5) is 4.79 Å². The maximum atomic E-state index is 11.6. The zero-order valence-electron chi connectivity index (χ0n) is 9.43. The molecule has 1 unspecified atom stereocenters. The molecule has 0 radical (unpaired) electrons. The predicted molar refractivity (Wildman–Crippen MR) is 62.7 cm³/mol. The summed E-state index contributed by atoms with van der Waals surface area (Å²) in [4.78, 5) is 34.3. The van der Waals surface area contributed by atoms with Crippen LogP contribution in [0, 0.1) is 0 Å². The fourth-order valence-electron chi connectivity index (χ4n) is 1.36. The number of carbonyl (C=O) groups excluding carboxylic acids is 2. The number of hydrogen-bond acceptors (Lipinski definition) is 4. The Morgan fingerprint density at radius 3 is 2.59 bits per heavy atom. The Hall–Kier alpha value is -1.44. The Balaban J connectivity index is 2.32. The monoisotopic (exact) mass is 261 g/mol. The molecule has 1 atom stereocenters. The zero-order chi connectivity index (χ0) is 12.8. The lowest BCUT2D eigenvalue weighted by atomic mass is 10.3. The lowest BCUT2D eigenvalue weighted by Gasteiger charge is -2.20. The average molecular weight is 261 g/mol. The van der Waals surface area contributed by atoms with Gasteiger partial charge in [0.1, 0.15) is 6.04 Å². The van der Waals surface area contributed by atoms with E-state index in [1.165, 1.54) is 23.6 Å². The molecule has 96 valence electrons. The second-order valence-corrected chi connectivity index (χ2v) is 4.54. The van der Waals surface area contributed by atoms with Crippen LogP contribution < -0.4 is 10.6 Å². The molecule has 1 rings (SSSR count). The van der Waals surface area contributed by atoms with Crippen molar-refractivity contribution in [3.8, 4) is 0 Å². The molecule has 3 amide bonds. The van der Waals surface area contributed by atoms with Crippen LogP contribution >= 0.6 is 11.8 Å². The summed E-state index contributed by atoms with van der Waals surface area (Å²) in [5.41, 5.74) is 0. The van der Waals surface area contributed by atoms with E-state index in [1.807, 2.05) is 0 Å². The maximum absolute atomic E-state index is 11.6. The SMILES string of the molecule is CC(=O)NCCNC(=O)N1CSCC1C(=O)O. The molecule has 8 heteroatoms. The highest BCUT2D eigenvalue weighted by atomic mass is 32.2. The number of carbonyl (C=O) groups is 3. The Bertz CT molecular complexity index is 323. The summed E-state index contributed by atoms with van der Waals surface area (Å²) in [6.45, 7) is 2.01. The second-order valence-electron chi connectivity index (χ2n) is 3.54. The van der Waals surface area contributed by atoms with Gasteiger partial charge < -0.3 is 20.6 Å². The number of carboxylic acids is 1. The van der Waals surface area contributed by atoms with Gasteiger partial charge in [-0.15, -0.1) is 11.8 Å². The Labute approximate surface area is 103 Å². The molecule has 1 aliphatic heterocycles. The number of rotatable bonds is 4. The summed E-state index contributed by atoms with van der Waals surface area (Å²) in [7, 11) is 0. The molecule has 0 aliphatic carbocycles. The fraction of sp³-hybridized carbons (Fsp3) is 0.667. The molecule has 0 spiro atoms. The summed E-state index contributed by atoms with van der Waals surface area (Å²) >= 11 is 1.41. The van der Waals surface area contributed by atoms with Crippen molar-refractivity contribution in [3.63, 3.8) is 0 Å². The minimum absolute atomic E-state index is 0.167. The molecule has 0 aromatic rings. The first-order valence-electron chi connectivity index (χ1n) is 5.12. The van der Waals surface area contributed by atoms with Crippen molar-refractivity contribution in [1.82, 2.24) is 15.5 Å². The Morgan fingerprint density at radius 1 is 1.35 bits per heavy atom. The van der Waals surface area contributed by atoms with Crippen molar-refractivity contribution in [2.75, 3.05) is 24.7 Å². The Morgan fingerprint density at radius 2 is 2.00 bits per heavy atom. The van der Waals surface area contributed by atoms with E-state index in [4.69, 9.17) is 5.11 Å². The van der Waals surface area contributed by atoms with E-state index in [9.17, 15) is 14.4 Å². The maximum Gasteiger partial charge on any atom is 0.327 e. The fourth-order valence-corrected chi connectivity index (χ4v) is 2.50. The summed E-state index contributed by atoms with van der Waals surface area (Å²) in [6.07, 6.45) is 0. The highest BCUT2D eigenvalue weighted by Crippen LogP contribution is 2.20. The van der Waals surface area contributed by atoms with E-state index in [1.54, 1.807) is 0 Å². The van der Waals surface area contributed by atoms with Gasteiger partial charge in [0.2, 0.25) is 5.91 Å². The lowest BCUT2D eigenvalue weighted by Crippen LogP contribution is -2.48. The van der Waals surface area contributed by atoms with Crippen molar-refractivity contribution in [2.24, 2.45) is 0 Å². The van der Waals surface area contributed by atoms with Crippen LogP contribution in [-0.2, 0) is 9.59 Å². The number of thioether (sulfide) groups is 1. The number of hydrogen-bond donors (Lipinski definition) is 3. The highest BCUT2D eigenvalue weighted by molar-refractivity contribution is 7.99. The van der Waals surface area contributed by atoms with Crippen LogP contribution in [0.5, 0.6) is 0 Å². The van der Waals surface area contributed by atoms with E-state index in [2.05, 4.69) is 10.6 Å². The van der Waals surface area contributed by atoms with Gasteiger partial charge in [0.15, 0.2) is 0 Å². The second kappa shape index (κ2) is 6.33. The number of carboxylic acid groups (broad SMARTS) is 1. The average Bonchev–Trinajstić information content (AvgIpc) is 2.72. The van der Waals surface area contributed by atoms with E-state index < -0.39 is 18.0 Å². The van der Waals surface area contributed by atoms with Crippen LogP contribution in [0.1, 0.15) is 6.92 Å². The molecular formula is C9H15N3O4S. The van der Waals surface area contributed by atoms with Gasteiger partial charge in [-0.25, -0.2) is 9.59 Å². The minimum Gasteiger partial charge on any atom is -0.480 e. The third-order valence-electron chi connectivity index (χ3n) is 2.20. The molecule has 17 heavy (non-hydrogen) atoms.